The predicted molar refractivity (Wildman–Crippen MR) is 65.2 cm³/mol. The second-order valence-electron chi connectivity index (χ2n) is 3.75. The Morgan fingerprint density at radius 1 is 1.62 bits per heavy atom. The van der Waals surface area contributed by atoms with Crippen molar-refractivity contribution in [2.24, 2.45) is 10.9 Å². The SMILES string of the molecule is Cc1nsc(N(CCC(N)=NO)C(C)C)n1. The summed E-state index contributed by atoms with van der Waals surface area (Å²) in [7, 11) is 0. The van der Waals surface area contributed by atoms with Crippen LogP contribution < -0.4 is 10.6 Å². The molecule has 6 nitrogen and oxygen atoms in total. The third-order valence-corrected chi connectivity index (χ3v) is 2.97. The van der Waals surface area contributed by atoms with Crippen LogP contribution in [0.2, 0.25) is 0 Å². The van der Waals surface area contributed by atoms with Crippen LogP contribution in [0.3, 0.4) is 0 Å². The largest absolute Gasteiger partial charge is 0.409 e. The molecule has 0 amide bonds. The number of amidine groups is 1. The molecule has 1 heterocycles. The van der Waals surface area contributed by atoms with Crippen molar-refractivity contribution in [3.8, 4) is 0 Å². The standard InChI is InChI=1S/C9H17N5OS/c1-6(2)14(5-4-8(10)12-15)9-11-7(3)13-16-9/h6,15H,4-5H2,1-3H3,(H2,10,12). The highest BCUT2D eigenvalue weighted by Crippen LogP contribution is 2.19. The summed E-state index contributed by atoms with van der Waals surface area (Å²) < 4.78 is 4.15. The molecule has 0 saturated carbocycles. The third-order valence-electron chi connectivity index (χ3n) is 2.12. The first kappa shape index (κ1) is 12.7. The fourth-order valence-corrected chi connectivity index (χ4v) is 2.10. The third kappa shape index (κ3) is 3.34. The number of nitrogens with zero attached hydrogens (tertiary/aromatic N) is 4. The van der Waals surface area contributed by atoms with Crippen molar-refractivity contribution in [3.05, 3.63) is 5.82 Å². The number of hydrogen-bond acceptors (Lipinski definition) is 6. The fraction of sp³-hybridized carbons (Fsp3) is 0.667. The van der Waals surface area contributed by atoms with Gasteiger partial charge in [0.2, 0.25) is 5.13 Å². The fourth-order valence-electron chi connectivity index (χ4n) is 1.26. The minimum atomic E-state index is 0.229. The van der Waals surface area contributed by atoms with Crippen molar-refractivity contribution >= 4 is 22.5 Å². The van der Waals surface area contributed by atoms with Gasteiger partial charge >= 0.3 is 0 Å². The maximum Gasteiger partial charge on any atom is 0.205 e. The predicted octanol–water partition coefficient (Wildman–Crippen LogP) is 1.20. The average Bonchev–Trinajstić information content (AvgIpc) is 2.64. The van der Waals surface area contributed by atoms with Gasteiger partial charge in [-0.3, -0.25) is 0 Å². The summed E-state index contributed by atoms with van der Waals surface area (Å²) in [5.41, 5.74) is 5.45. The zero-order valence-electron chi connectivity index (χ0n) is 9.71. The monoisotopic (exact) mass is 243 g/mol. The molecule has 0 aliphatic carbocycles. The van der Waals surface area contributed by atoms with E-state index in [9.17, 15) is 0 Å². The van der Waals surface area contributed by atoms with Crippen molar-refractivity contribution in [2.75, 3.05) is 11.4 Å². The maximum atomic E-state index is 8.48. The van der Waals surface area contributed by atoms with Gasteiger partial charge in [-0.25, -0.2) is 4.98 Å². The maximum absolute atomic E-state index is 8.48. The lowest BCUT2D eigenvalue weighted by atomic mass is 10.3. The van der Waals surface area contributed by atoms with E-state index in [0.717, 1.165) is 11.0 Å². The van der Waals surface area contributed by atoms with Gasteiger partial charge in [0.1, 0.15) is 11.7 Å². The van der Waals surface area contributed by atoms with Gasteiger partial charge in [-0.15, -0.1) is 0 Å². The second kappa shape index (κ2) is 5.64. The van der Waals surface area contributed by atoms with E-state index in [1.165, 1.54) is 11.5 Å². The van der Waals surface area contributed by atoms with Gasteiger partial charge in [0, 0.05) is 30.5 Å². The van der Waals surface area contributed by atoms with Gasteiger partial charge in [-0.1, -0.05) is 5.16 Å². The van der Waals surface area contributed by atoms with Crippen LogP contribution in [-0.2, 0) is 0 Å². The Labute approximate surface area is 99.0 Å². The molecule has 1 aromatic rings. The quantitative estimate of drug-likeness (QED) is 0.351. The lowest BCUT2D eigenvalue weighted by molar-refractivity contribution is 0.317. The molecular formula is C9H17N5OS. The molecule has 0 aromatic carbocycles. The molecule has 3 N–H and O–H groups in total. The highest BCUT2D eigenvalue weighted by molar-refractivity contribution is 7.09. The number of hydrogen-bond donors (Lipinski definition) is 2. The number of nitrogens with two attached hydrogens (primary N) is 1. The molecule has 0 aliphatic rings. The van der Waals surface area contributed by atoms with Crippen molar-refractivity contribution < 1.29 is 5.21 Å². The molecule has 0 unspecified atom stereocenters. The number of anilines is 1. The molecule has 0 aliphatic heterocycles. The van der Waals surface area contributed by atoms with E-state index in [-0.39, 0.29) is 5.84 Å². The van der Waals surface area contributed by atoms with Gasteiger partial charge in [0.25, 0.3) is 0 Å². The Bertz CT molecular complexity index is 363. The first-order valence-corrected chi connectivity index (χ1v) is 5.85. The molecule has 0 bridgehead atoms. The number of oxime groups is 1. The molecule has 1 rings (SSSR count). The number of aromatic nitrogens is 2. The summed E-state index contributed by atoms with van der Waals surface area (Å²) in [4.78, 5) is 6.41. The molecular weight excluding hydrogens is 226 g/mol. The van der Waals surface area contributed by atoms with Crippen molar-refractivity contribution in [2.45, 2.75) is 33.2 Å². The normalized spacial score (nSPS) is 12.1. The van der Waals surface area contributed by atoms with Gasteiger partial charge in [0.05, 0.1) is 0 Å². The van der Waals surface area contributed by atoms with Crippen LogP contribution in [0.1, 0.15) is 26.1 Å². The minimum Gasteiger partial charge on any atom is -0.409 e. The summed E-state index contributed by atoms with van der Waals surface area (Å²) in [6, 6.07) is 0.304. The van der Waals surface area contributed by atoms with E-state index in [1.807, 2.05) is 6.92 Å². The molecule has 90 valence electrons. The zero-order chi connectivity index (χ0) is 12.1. The molecule has 0 saturated heterocycles. The number of aryl methyl sites for hydroxylation is 1. The smallest absolute Gasteiger partial charge is 0.205 e. The van der Waals surface area contributed by atoms with E-state index in [1.54, 1.807) is 0 Å². The minimum absolute atomic E-state index is 0.229. The topological polar surface area (TPSA) is 87.6 Å². The molecule has 16 heavy (non-hydrogen) atoms. The van der Waals surface area contributed by atoms with E-state index in [2.05, 4.69) is 33.3 Å². The van der Waals surface area contributed by atoms with Gasteiger partial charge in [-0.05, 0) is 20.8 Å². The van der Waals surface area contributed by atoms with Crippen molar-refractivity contribution in [1.29, 1.82) is 0 Å². The van der Waals surface area contributed by atoms with Crippen LogP contribution in [-0.4, -0.2) is 33.0 Å². The van der Waals surface area contributed by atoms with Crippen LogP contribution in [0.5, 0.6) is 0 Å². The second-order valence-corrected chi connectivity index (χ2v) is 4.48. The Morgan fingerprint density at radius 2 is 2.31 bits per heavy atom. The molecule has 0 radical (unpaired) electrons. The highest BCUT2D eigenvalue weighted by Gasteiger charge is 2.14. The van der Waals surface area contributed by atoms with Gasteiger partial charge in [-0.2, -0.15) is 4.37 Å². The van der Waals surface area contributed by atoms with Crippen LogP contribution in [0.15, 0.2) is 5.16 Å². The van der Waals surface area contributed by atoms with E-state index < -0.39 is 0 Å². The molecule has 1 aromatic heterocycles. The summed E-state index contributed by atoms with van der Waals surface area (Å²) >= 11 is 1.37. The first-order chi connectivity index (χ1) is 7.54. The summed E-state index contributed by atoms with van der Waals surface area (Å²) in [5.74, 6) is 1.00. The summed E-state index contributed by atoms with van der Waals surface area (Å²) in [6.45, 7) is 6.68. The zero-order valence-corrected chi connectivity index (χ0v) is 10.5. The molecule has 0 spiro atoms. The van der Waals surface area contributed by atoms with Gasteiger partial charge < -0.3 is 15.8 Å². The Morgan fingerprint density at radius 3 is 2.75 bits per heavy atom. The molecule has 0 fully saturated rings. The van der Waals surface area contributed by atoms with Crippen molar-refractivity contribution in [1.82, 2.24) is 9.36 Å². The van der Waals surface area contributed by atoms with Gasteiger partial charge in [0.15, 0.2) is 0 Å². The summed E-state index contributed by atoms with van der Waals surface area (Å²) in [5, 5.41) is 12.3. The van der Waals surface area contributed by atoms with Crippen LogP contribution in [0, 0.1) is 6.92 Å². The van der Waals surface area contributed by atoms with E-state index in [4.69, 9.17) is 10.9 Å². The molecule has 0 atom stereocenters. The Kier molecular flexibility index (Phi) is 4.48. The Balaban J connectivity index is 2.69. The average molecular weight is 243 g/mol. The highest BCUT2D eigenvalue weighted by atomic mass is 32.1. The lowest BCUT2D eigenvalue weighted by Gasteiger charge is -2.25. The van der Waals surface area contributed by atoms with Crippen molar-refractivity contribution in [3.63, 3.8) is 0 Å². The number of rotatable bonds is 5. The van der Waals surface area contributed by atoms with Crippen LogP contribution in [0.4, 0.5) is 5.13 Å². The summed E-state index contributed by atoms with van der Waals surface area (Å²) in [6.07, 6.45) is 0.507. The first-order valence-electron chi connectivity index (χ1n) is 5.08. The van der Waals surface area contributed by atoms with Crippen LogP contribution >= 0.6 is 11.5 Å². The Hall–Kier alpha value is -1.37. The molecule has 7 heteroatoms. The lowest BCUT2D eigenvalue weighted by Crippen LogP contribution is -2.34. The van der Waals surface area contributed by atoms with E-state index >= 15 is 0 Å². The van der Waals surface area contributed by atoms with E-state index in [0.29, 0.717) is 19.0 Å². The van der Waals surface area contributed by atoms with Crippen LogP contribution in [0.25, 0.3) is 0 Å².